The maximum atomic E-state index is 5.98. The van der Waals surface area contributed by atoms with Gasteiger partial charge in [-0.3, -0.25) is 0 Å². The van der Waals surface area contributed by atoms with Gasteiger partial charge in [-0.05, 0) is 18.5 Å². The maximum absolute atomic E-state index is 5.98. The highest BCUT2D eigenvalue weighted by atomic mass is 32.1. The first-order valence-electron chi connectivity index (χ1n) is 5.12. The van der Waals surface area contributed by atoms with E-state index in [-0.39, 0.29) is 0 Å². The molecule has 0 aliphatic carbocycles. The molecule has 2 aliphatic heterocycles. The van der Waals surface area contributed by atoms with Crippen molar-refractivity contribution in [1.29, 1.82) is 0 Å². The van der Waals surface area contributed by atoms with E-state index in [4.69, 9.17) is 5.73 Å². The van der Waals surface area contributed by atoms with Crippen LogP contribution in [0.4, 0.5) is 0 Å². The minimum atomic E-state index is 0.667. The van der Waals surface area contributed by atoms with Gasteiger partial charge in [0.1, 0.15) is 5.84 Å². The largest absolute Gasteiger partial charge is 0.383 e. The lowest BCUT2D eigenvalue weighted by Crippen LogP contribution is -2.26. The van der Waals surface area contributed by atoms with Crippen LogP contribution in [0.3, 0.4) is 0 Å². The topological polar surface area (TPSA) is 50.4 Å². The number of rotatable bonds is 0. The number of fused-ring (bicyclic) bond motifs is 3. The van der Waals surface area contributed by atoms with E-state index in [9.17, 15) is 0 Å². The third-order valence-electron chi connectivity index (χ3n) is 2.90. The summed E-state index contributed by atoms with van der Waals surface area (Å²) in [5.41, 5.74) is 9.49. The fourth-order valence-electron chi connectivity index (χ4n) is 2.26. The second-order valence-corrected chi connectivity index (χ2v) is 5.16. The first kappa shape index (κ1) is 9.12. The lowest BCUT2D eigenvalue weighted by atomic mass is 9.99. The number of allylic oxidation sites excluding steroid dienone is 1. The Morgan fingerprint density at radius 2 is 2.27 bits per heavy atom. The standard InChI is InChI=1S/C11H13N3S/c1-6-4-8-10(11(12)14-6)7-2-3-13-5-9(7)15-8/h13H,1-5H2,(H2,12,14). The number of nitrogens with two attached hydrogens (primary N) is 1. The van der Waals surface area contributed by atoms with Gasteiger partial charge in [-0.2, -0.15) is 0 Å². The second-order valence-electron chi connectivity index (χ2n) is 3.97. The van der Waals surface area contributed by atoms with Crippen LogP contribution < -0.4 is 11.1 Å². The Morgan fingerprint density at radius 1 is 1.40 bits per heavy atom. The van der Waals surface area contributed by atoms with E-state index in [1.54, 1.807) is 0 Å². The minimum absolute atomic E-state index is 0.667. The number of aliphatic imine (C=N–C) groups is 1. The van der Waals surface area contributed by atoms with Crippen molar-refractivity contribution >= 4 is 17.2 Å². The van der Waals surface area contributed by atoms with Gasteiger partial charge in [0.05, 0.1) is 0 Å². The molecule has 0 fully saturated rings. The highest BCUT2D eigenvalue weighted by Crippen LogP contribution is 2.34. The third kappa shape index (κ3) is 1.33. The van der Waals surface area contributed by atoms with Crippen molar-refractivity contribution in [1.82, 2.24) is 5.32 Å². The molecule has 3 N–H and O–H groups in total. The van der Waals surface area contributed by atoms with Crippen LogP contribution in [-0.4, -0.2) is 12.4 Å². The zero-order chi connectivity index (χ0) is 10.4. The number of thiophene rings is 1. The van der Waals surface area contributed by atoms with E-state index in [1.165, 1.54) is 20.9 Å². The summed E-state index contributed by atoms with van der Waals surface area (Å²) in [4.78, 5) is 7.07. The van der Waals surface area contributed by atoms with Gasteiger partial charge in [0.2, 0.25) is 0 Å². The van der Waals surface area contributed by atoms with Crippen molar-refractivity contribution in [2.24, 2.45) is 10.7 Å². The lowest BCUT2D eigenvalue weighted by molar-refractivity contribution is 0.654. The van der Waals surface area contributed by atoms with Crippen molar-refractivity contribution in [3.8, 4) is 0 Å². The Kier molecular flexibility index (Phi) is 1.94. The molecule has 1 aromatic heterocycles. The first-order chi connectivity index (χ1) is 7.25. The van der Waals surface area contributed by atoms with Crippen molar-refractivity contribution in [3.05, 3.63) is 33.2 Å². The summed E-state index contributed by atoms with van der Waals surface area (Å²) in [6, 6.07) is 0. The number of hydrogen-bond donors (Lipinski definition) is 2. The van der Waals surface area contributed by atoms with Crippen molar-refractivity contribution < 1.29 is 0 Å². The summed E-state index contributed by atoms with van der Waals surface area (Å²) in [7, 11) is 0. The Morgan fingerprint density at radius 3 is 3.13 bits per heavy atom. The molecule has 0 aromatic carbocycles. The summed E-state index contributed by atoms with van der Waals surface area (Å²) < 4.78 is 0. The Labute approximate surface area is 92.7 Å². The number of nitrogens with one attached hydrogen (secondary N) is 1. The van der Waals surface area contributed by atoms with Crippen LogP contribution in [0.15, 0.2) is 17.3 Å². The SMILES string of the molecule is C=C1Cc2sc3c(c2C(N)=N1)CCNC3. The molecule has 1 aromatic rings. The molecule has 0 spiro atoms. The van der Waals surface area contributed by atoms with Crippen LogP contribution >= 0.6 is 11.3 Å². The van der Waals surface area contributed by atoms with Gasteiger partial charge in [-0.1, -0.05) is 6.58 Å². The third-order valence-corrected chi connectivity index (χ3v) is 4.13. The quantitative estimate of drug-likeness (QED) is 0.688. The zero-order valence-corrected chi connectivity index (χ0v) is 9.28. The Hall–Kier alpha value is -1.13. The number of hydrogen-bond acceptors (Lipinski definition) is 4. The molecular weight excluding hydrogens is 206 g/mol. The van der Waals surface area contributed by atoms with Gasteiger partial charge < -0.3 is 11.1 Å². The fourth-order valence-corrected chi connectivity index (χ4v) is 3.63. The smallest absolute Gasteiger partial charge is 0.132 e. The van der Waals surface area contributed by atoms with Crippen molar-refractivity contribution in [2.45, 2.75) is 19.4 Å². The molecule has 0 atom stereocenters. The summed E-state index contributed by atoms with van der Waals surface area (Å²) in [5, 5.41) is 3.38. The molecule has 0 bridgehead atoms. The van der Waals surface area contributed by atoms with E-state index < -0.39 is 0 Å². The molecule has 0 radical (unpaired) electrons. The minimum Gasteiger partial charge on any atom is -0.383 e. The first-order valence-corrected chi connectivity index (χ1v) is 5.94. The summed E-state index contributed by atoms with van der Waals surface area (Å²) in [6.07, 6.45) is 1.94. The molecule has 15 heavy (non-hydrogen) atoms. The van der Waals surface area contributed by atoms with Gasteiger partial charge in [0, 0.05) is 34.0 Å². The molecule has 0 amide bonds. The van der Waals surface area contributed by atoms with Crippen LogP contribution in [-0.2, 0) is 19.4 Å². The van der Waals surface area contributed by atoms with Crippen LogP contribution in [0, 0.1) is 0 Å². The summed E-state index contributed by atoms with van der Waals surface area (Å²) >= 11 is 1.86. The molecule has 0 unspecified atom stereocenters. The lowest BCUT2D eigenvalue weighted by Gasteiger charge is -2.16. The van der Waals surface area contributed by atoms with E-state index in [0.29, 0.717) is 5.84 Å². The van der Waals surface area contributed by atoms with Gasteiger partial charge >= 0.3 is 0 Å². The van der Waals surface area contributed by atoms with Crippen LogP contribution in [0.25, 0.3) is 0 Å². The van der Waals surface area contributed by atoms with Gasteiger partial charge in [0.15, 0.2) is 0 Å². The highest BCUT2D eigenvalue weighted by molar-refractivity contribution is 7.12. The number of amidine groups is 1. The molecule has 3 heterocycles. The van der Waals surface area contributed by atoms with Gasteiger partial charge in [-0.25, -0.2) is 4.99 Å². The molecule has 3 rings (SSSR count). The van der Waals surface area contributed by atoms with E-state index in [1.807, 2.05) is 11.3 Å². The fraction of sp³-hybridized carbons (Fsp3) is 0.364. The van der Waals surface area contributed by atoms with Crippen molar-refractivity contribution in [2.75, 3.05) is 6.54 Å². The highest BCUT2D eigenvalue weighted by Gasteiger charge is 2.25. The normalized spacial score (nSPS) is 19.5. The van der Waals surface area contributed by atoms with Crippen LogP contribution in [0.2, 0.25) is 0 Å². The number of nitrogens with zero attached hydrogens (tertiary/aromatic N) is 1. The van der Waals surface area contributed by atoms with Crippen LogP contribution in [0.5, 0.6) is 0 Å². The molecular formula is C11H13N3S. The predicted molar refractivity (Wildman–Crippen MR) is 63.3 cm³/mol. The molecule has 3 nitrogen and oxygen atoms in total. The van der Waals surface area contributed by atoms with E-state index >= 15 is 0 Å². The average Bonchev–Trinajstić information content (AvgIpc) is 2.54. The molecule has 4 heteroatoms. The monoisotopic (exact) mass is 219 g/mol. The molecule has 2 aliphatic rings. The molecule has 0 saturated carbocycles. The second kappa shape index (κ2) is 3.18. The van der Waals surface area contributed by atoms with Gasteiger partial charge in [0.25, 0.3) is 0 Å². The summed E-state index contributed by atoms with van der Waals surface area (Å²) in [6.45, 7) is 5.92. The van der Waals surface area contributed by atoms with Gasteiger partial charge in [-0.15, -0.1) is 11.3 Å². The molecule has 78 valence electrons. The average molecular weight is 219 g/mol. The molecule has 0 saturated heterocycles. The zero-order valence-electron chi connectivity index (χ0n) is 8.47. The maximum Gasteiger partial charge on any atom is 0.132 e. The summed E-state index contributed by atoms with van der Waals surface area (Å²) in [5.74, 6) is 0.667. The van der Waals surface area contributed by atoms with Crippen molar-refractivity contribution in [3.63, 3.8) is 0 Å². The predicted octanol–water partition coefficient (Wildman–Crippen LogP) is 1.17. The Balaban J connectivity index is 2.19. The van der Waals surface area contributed by atoms with E-state index in [0.717, 1.165) is 31.6 Å². The Bertz CT molecular complexity index is 470. The van der Waals surface area contributed by atoms with Crippen LogP contribution in [0.1, 0.15) is 20.9 Å². The van der Waals surface area contributed by atoms with E-state index in [2.05, 4.69) is 16.9 Å².